The van der Waals surface area contributed by atoms with Crippen LogP contribution in [0.25, 0.3) is 0 Å². The molecule has 2 amide bonds. The maximum absolute atomic E-state index is 11.6. The third-order valence-electron chi connectivity index (χ3n) is 3.60. The second-order valence-corrected chi connectivity index (χ2v) is 6.72. The summed E-state index contributed by atoms with van der Waals surface area (Å²) in [4.78, 5) is 23.0. The first-order valence-electron chi connectivity index (χ1n) is 7.02. The molecule has 0 spiro atoms. The first-order valence-corrected chi connectivity index (χ1v) is 7.02. The van der Waals surface area contributed by atoms with E-state index in [0.717, 1.165) is 31.4 Å². The molecule has 2 saturated carbocycles. The summed E-state index contributed by atoms with van der Waals surface area (Å²) in [6.07, 6.45) is 4.89. The molecule has 19 heavy (non-hydrogen) atoms. The summed E-state index contributed by atoms with van der Waals surface area (Å²) in [5.41, 5.74) is 3.58. The standard InChI is InChI=1S/C14H23N3O2/c1-9-6-11(8-14(2,3)7-9)16-17-13(19)12(18)15-10-4-5-10/h9-10H,4-8H2,1-3H3,(H,15,18)(H,17,19)/b16-11+/t9-/m1/s1. The maximum atomic E-state index is 11.6. The van der Waals surface area contributed by atoms with E-state index in [-0.39, 0.29) is 11.5 Å². The fraction of sp³-hybridized carbons (Fsp3) is 0.786. The second-order valence-electron chi connectivity index (χ2n) is 6.72. The van der Waals surface area contributed by atoms with Crippen LogP contribution in [-0.4, -0.2) is 23.6 Å². The molecule has 2 aliphatic rings. The Morgan fingerprint density at radius 3 is 2.53 bits per heavy atom. The van der Waals surface area contributed by atoms with Crippen molar-refractivity contribution in [2.45, 2.75) is 58.9 Å². The van der Waals surface area contributed by atoms with E-state index >= 15 is 0 Å². The zero-order valence-electron chi connectivity index (χ0n) is 12.0. The molecule has 0 aliphatic heterocycles. The Labute approximate surface area is 114 Å². The molecule has 0 unspecified atom stereocenters. The summed E-state index contributed by atoms with van der Waals surface area (Å²) in [6, 6.07) is 0.194. The highest BCUT2D eigenvalue weighted by atomic mass is 16.2. The number of rotatable bonds is 2. The number of hydrogen-bond acceptors (Lipinski definition) is 3. The normalized spacial score (nSPS) is 27.9. The Bertz CT molecular complexity index is 411. The molecule has 5 heteroatoms. The Balaban J connectivity index is 1.86. The summed E-state index contributed by atoms with van der Waals surface area (Å²) in [7, 11) is 0. The van der Waals surface area contributed by atoms with E-state index in [0.29, 0.717) is 5.92 Å². The van der Waals surface area contributed by atoms with Crippen LogP contribution in [0.4, 0.5) is 0 Å². The lowest BCUT2D eigenvalue weighted by atomic mass is 9.72. The average molecular weight is 265 g/mol. The summed E-state index contributed by atoms with van der Waals surface area (Å²) >= 11 is 0. The van der Waals surface area contributed by atoms with Gasteiger partial charge in [0.2, 0.25) is 0 Å². The molecule has 2 N–H and O–H groups in total. The topological polar surface area (TPSA) is 70.6 Å². The van der Waals surface area contributed by atoms with Crippen molar-refractivity contribution in [3.63, 3.8) is 0 Å². The highest BCUT2D eigenvalue weighted by Gasteiger charge is 2.30. The van der Waals surface area contributed by atoms with Gasteiger partial charge in [0, 0.05) is 11.8 Å². The quantitative estimate of drug-likeness (QED) is 0.588. The van der Waals surface area contributed by atoms with Crippen LogP contribution in [0, 0.1) is 11.3 Å². The van der Waals surface area contributed by atoms with E-state index in [1.807, 2.05) is 0 Å². The molecule has 1 atom stereocenters. The lowest BCUT2D eigenvalue weighted by molar-refractivity contribution is -0.139. The van der Waals surface area contributed by atoms with Gasteiger partial charge in [-0.15, -0.1) is 0 Å². The van der Waals surface area contributed by atoms with E-state index < -0.39 is 11.8 Å². The molecular weight excluding hydrogens is 242 g/mol. The largest absolute Gasteiger partial charge is 0.345 e. The Hall–Kier alpha value is -1.39. The van der Waals surface area contributed by atoms with Crippen molar-refractivity contribution in [3.8, 4) is 0 Å². The second kappa shape index (κ2) is 5.31. The van der Waals surface area contributed by atoms with Gasteiger partial charge in [0.25, 0.3) is 0 Å². The summed E-state index contributed by atoms with van der Waals surface area (Å²) in [5, 5.41) is 6.78. The lowest BCUT2D eigenvalue weighted by Gasteiger charge is -2.34. The number of nitrogens with zero attached hydrogens (tertiary/aromatic N) is 1. The van der Waals surface area contributed by atoms with Crippen LogP contribution in [0.2, 0.25) is 0 Å². The molecule has 0 saturated heterocycles. The van der Waals surface area contributed by atoms with Crippen LogP contribution in [0.1, 0.15) is 52.9 Å². The minimum atomic E-state index is -0.657. The van der Waals surface area contributed by atoms with Gasteiger partial charge in [-0.05, 0) is 43.4 Å². The van der Waals surface area contributed by atoms with E-state index in [9.17, 15) is 9.59 Å². The van der Waals surface area contributed by atoms with Crippen molar-refractivity contribution in [1.82, 2.24) is 10.7 Å². The van der Waals surface area contributed by atoms with Gasteiger partial charge in [0.15, 0.2) is 0 Å². The molecule has 0 bridgehead atoms. The zero-order valence-corrected chi connectivity index (χ0v) is 12.0. The van der Waals surface area contributed by atoms with Crippen LogP contribution in [0.5, 0.6) is 0 Å². The third kappa shape index (κ3) is 4.33. The summed E-state index contributed by atoms with van der Waals surface area (Å²) < 4.78 is 0. The number of hydrogen-bond donors (Lipinski definition) is 2. The molecule has 5 nitrogen and oxygen atoms in total. The number of amides is 2. The molecule has 0 radical (unpaired) electrons. The maximum Gasteiger partial charge on any atom is 0.329 e. The molecule has 2 aliphatic carbocycles. The number of hydrazone groups is 1. The van der Waals surface area contributed by atoms with Crippen molar-refractivity contribution in [2.24, 2.45) is 16.4 Å². The highest BCUT2D eigenvalue weighted by Crippen LogP contribution is 2.36. The van der Waals surface area contributed by atoms with Crippen LogP contribution < -0.4 is 10.7 Å². The van der Waals surface area contributed by atoms with Gasteiger partial charge in [-0.3, -0.25) is 9.59 Å². The minimum Gasteiger partial charge on any atom is -0.345 e. The molecule has 106 valence electrons. The summed E-state index contributed by atoms with van der Waals surface area (Å²) in [6.45, 7) is 6.61. The van der Waals surface area contributed by atoms with Crippen LogP contribution in [0.3, 0.4) is 0 Å². The fourth-order valence-corrected chi connectivity index (χ4v) is 2.86. The van der Waals surface area contributed by atoms with Gasteiger partial charge in [0.05, 0.1) is 0 Å². The first kappa shape index (κ1) is 14.0. The van der Waals surface area contributed by atoms with Crippen molar-refractivity contribution in [2.75, 3.05) is 0 Å². The SMILES string of the molecule is C[C@@H]1C/C(=N\NC(=O)C(=O)NC2CC2)CC(C)(C)C1. The van der Waals surface area contributed by atoms with Crippen LogP contribution in [-0.2, 0) is 9.59 Å². The average Bonchev–Trinajstić information content (AvgIpc) is 3.06. The third-order valence-corrected chi connectivity index (χ3v) is 3.60. The van der Waals surface area contributed by atoms with Crippen molar-refractivity contribution >= 4 is 17.5 Å². The Morgan fingerprint density at radius 2 is 1.95 bits per heavy atom. The van der Waals surface area contributed by atoms with E-state index in [1.165, 1.54) is 6.42 Å². The molecule has 0 heterocycles. The van der Waals surface area contributed by atoms with Gasteiger partial charge in [-0.1, -0.05) is 20.8 Å². The molecule has 2 rings (SSSR count). The monoisotopic (exact) mass is 265 g/mol. The fourth-order valence-electron chi connectivity index (χ4n) is 2.86. The summed E-state index contributed by atoms with van der Waals surface area (Å²) in [5.74, 6) is -0.662. The van der Waals surface area contributed by atoms with Gasteiger partial charge in [-0.25, -0.2) is 5.43 Å². The smallest absolute Gasteiger partial charge is 0.329 e. The molecule has 0 aromatic rings. The van der Waals surface area contributed by atoms with Gasteiger partial charge in [0.1, 0.15) is 0 Å². The van der Waals surface area contributed by atoms with Crippen molar-refractivity contribution in [1.29, 1.82) is 0 Å². The molecule has 0 aromatic carbocycles. The van der Waals surface area contributed by atoms with E-state index in [4.69, 9.17) is 0 Å². The number of nitrogens with one attached hydrogen (secondary N) is 2. The predicted molar refractivity (Wildman–Crippen MR) is 73.5 cm³/mol. The van der Waals surface area contributed by atoms with E-state index in [2.05, 4.69) is 36.6 Å². The number of carbonyl (C=O) groups is 2. The van der Waals surface area contributed by atoms with Gasteiger partial charge in [-0.2, -0.15) is 5.10 Å². The molecular formula is C14H23N3O2. The Morgan fingerprint density at radius 1 is 1.26 bits per heavy atom. The predicted octanol–water partition coefficient (Wildman–Crippen LogP) is 1.58. The van der Waals surface area contributed by atoms with Crippen LogP contribution in [0.15, 0.2) is 5.10 Å². The highest BCUT2D eigenvalue weighted by molar-refractivity contribution is 6.35. The van der Waals surface area contributed by atoms with Crippen LogP contribution >= 0.6 is 0 Å². The van der Waals surface area contributed by atoms with Gasteiger partial charge >= 0.3 is 11.8 Å². The Kier molecular flexibility index (Phi) is 3.92. The zero-order chi connectivity index (χ0) is 14.0. The molecule has 2 fully saturated rings. The minimum absolute atomic E-state index is 0.194. The van der Waals surface area contributed by atoms with Crippen molar-refractivity contribution < 1.29 is 9.59 Å². The first-order chi connectivity index (χ1) is 8.85. The van der Waals surface area contributed by atoms with E-state index in [1.54, 1.807) is 0 Å². The molecule has 0 aromatic heterocycles. The van der Waals surface area contributed by atoms with Crippen molar-refractivity contribution in [3.05, 3.63) is 0 Å². The number of carbonyl (C=O) groups excluding carboxylic acids is 2. The van der Waals surface area contributed by atoms with Gasteiger partial charge < -0.3 is 5.32 Å². The lowest BCUT2D eigenvalue weighted by Crippen LogP contribution is -2.39.